The molecule has 4 rings (SSSR count). The number of nitriles is 1. The van der Waals surface area contributed by atoms with Gasteiger partial charge in [0.1, 0.15) is 28.9 Å². The smallest absolute Gasteiger partial charge is 0.349 e. The summed E-state index contributed by atoms with van der Waals surface area (Å²) in [5.41, 5.74) is 9.19. The number of nitrogens with two attached hydrogens (primary N) is 1. The van der Waals surface area contributed by atoms with E-state index < -0.39 is 5.97 Å². The van der Waals surface area contributed by atoms with Crippen molar-refractivity contribution in [2.75, 3.05) is 6.61 Å². The van der Waals surface area contributed by atoms with Crippen LogP contribution in [0.4, 0.5) is 0 Å². The van der Waals surface area contributed by atoms with Gasteiger partial charge in [-0.2, -0.15) is 5.26 Å². The first-order valence-electron chi connectivity index (χ1n) is 9.72. The van der Waals surface area contributed by atoms with Crippen LogP contribution in [-0.4, -0.2) is 12.6 Å². The first kappa shape index (κ1) is 20.0. The number of ether oxygens (including phenoxy) is 3. The molecule has 0 aromatic heterocycles. The first-order valence-corrected chi connectivity index (χ1v) is 9.72. The van der Waals surface area contributed by atoms with Crippen molar-refractivity contribution in [1.29, 1.82) is 5.26 Å². The van der Waals surface area contributed by atoms with Gasteiger partial charge in [-0.3, -0.25) is 0 Å². The van der Waals surface area contributed by atoms with E-state index in [1.54, 1.807) is 30.3 Å². The number of esters is 1. The summed E-state index contributed by atoms with van der Waals surface area (Å²) in [5, 5.41) is 9.65. The minimum Gasteiger partial charge on any atom is -0.482 e. The largest absolute Gasteiger partial charge is 0.482 e. The zero-order valence-corrected chi connectivity index (χ0v) is 16.9. The molecule has 0 fully saturated rings. The fourth-order valence-corrected chi connectivity index (χ4v) is 3.42. The Balaban J connectivity index is 1.56. The topological polar surface area (TPSA) is 94.6 Å². The first-order chi connectivity index (χ1) is 15.0. The molecule has 6 nitrogen and oxygen atoms in total. The van der Waals surface area contributed by atoms with Crippen molar-refractivity contribution in [2.24, 2.45) is 5.73 Å². The maximum Gasteiger partial charge on any atom is 0.349 e. The molecule has 1 atom stereocenters. The molecule has 1 heterocycles. The van der Waals surface area contributed by atoms with Gasteiger partial charge in [-0.05, 0) is 30.7 Å². The summed E-state index contributed by atoms with van der Waals surface area (Å²) in [5.74, 6) is 0.455. The van der Waals surface area contributed by atoms with Gasteiger partial charge in [0.05, 0.1) is 5.92 Å². The van der Waals surface area contributed by atoms with Crippen molar-refractivity contribution >= 4 is 5.97 Å². The zero-order valence-electron chi connectivity index (χ0n) is 16.9. The van der Waals surface area contributed by atoms with Gasteiger partial charge in [0.25, 0.3) is 0 Å². The van der Waals surface area contributed by atoms with E-state index in [4.69, 9.17) is 19.9 Å². The van der Waals surface area contributed by atoms with E-state index in [0.29, 0.717) is 22.8 Å². The molecule has 0 aliphatic carbocycles. The molecule has 0 radical (unpaired) electrons. The molecule has 154 valence electrons. The number of rotatable bonds is 5. The highest BCUT2D eigenvalue weighted by Gasteiger charge is 2.31. The van der Waals surface area contributed by atoms with E-state index in [1.165, 1.54) is 0 Å². The third kappa shape index (κ3) is 4.36. The Kier molecular flexibility index (Phi) is 5.59. The number of nitrogens with zero attached hydrogens (tertiary/aromatic N) is 1. The van der Waals surface area contributed by atoms with E-state index in [1.807, 2.05) is 49.4 Å². The lowest BCUT2D eigenvalue weighted by Gasteiger charge is -2.26. The number of hydrogen-bond donors (Lipinski definition) is 1. The van der Waals surface area contributed by atoms with Crippen LogP contribution in [0.15, 0.2) is 84.3 Å². The van der Waals surface area contributed by atoms with Crippen molar-refractivity contribution in [3.8, 4) is 23.3 Å². The molecule has 1 unspecified atom stereocenters. The van der Waals surface area contributed by atoms with Crippen molar-refractivity contribution in [2.45, 2.75) is 12.8 Å². The molecule has 0 spiro atoms. The molecule has 0 saturated heterocycles. The van der Waals surface area contributed by atoms with E-state index in [-0.39, 0.29) is 18.4 Å². The Morgan fingerprint density at radius 3 is 2.52 bits per heavy atom. The minimum absolute atomic E-state index is 0.0384. The molecule has 3 aromatic carbocycles. The second-order valence-electron chi connectivity index (χ2n) is 7.11. The number of hydrogen-bond acceptors (Lipinski definition) is 6. The van der Waals surface area contributed by atoms with Gasteiger partial charge < -0.3 is 19.9 Å². The Bertz CT molecular complexity index is 1180. The Morgan fingerprint density at radius 2 is 1.81 bits per heavy atom. The average molecular weight is 412 g/mol. The van der Waals surface area contributed by atoms with Crippen LogP contribution < -0.4 is 19.9 Å². The summed E-state index contributed by atoms with van der Waals surface area (Å²) < 4.78 is 16.5. The summed E-state index contributed by atoms with van der Waals surface area (Å²) in [6.45, 7) is 1.77. The molecule has 6 heteroatoms. The van der Waals surface area contributed by atoms with Gasteiger partial charge in [0.15, 0.2) is 6.61 Å². The van der Waals surface area contributed by atoms with Crippen LogP contribution in [-0.2, 0) is 4.79 Å². The fourth-order valence-electron chi connectivity index (χ4n) is 3.42. The third-order valence-electron chi connectivity index (χ3n) is 4.93. The number of fused-ring (bicyclic) bond motifs is 1. The van der Waals surface area contributed by atoms with Gasteiger partial charge in [0, 0.05) is 11.6 Å². The van der Waals surface area contributed by atoms with Crippen molar-refractivity contribution in [3.05, 3.63) is 101 Å². The van der Waals surface area contributed by atoms with Crippen LogP contribution in [0.5, 0.6) is 17.2 Å². The van der Waals surface area contributed by atoms with E-state index in [9.17, 15) is 10.1 Å². The molecule has 31 heavy (non-hydrogen) atoms. The summed E-state index contributed by atoms with van der Waals surface area (Å²) in [6, 6.07) is 24.1. The standard InChI is InChI=1S/C25H20N2O4/c1-16-7-9-17(10-8-16)24-20-12-11-19(13-22(20)31-25(27)21(24)14-26)30-23(28)15-29-18-5-3-2-4-6-18/h2-13,24H,15,27H2,1H3. The van der Waals surface area contributed by atoms with Gasteiger partial charge in [-0.15, -0.1) is 0 Å². The van der Waals surface area contributed by atoms with E-state index in [2.05, 4.69) is 6.07 Å². The summed E-state index contributed by atoms with van der Waals surface area (Å²) in [7, 11) is 0. The van der Waals surface area contributed by atoms with Crippen LogP contribution in [0.2, 0.25) is 0 Å². The van der Waals surface area contributed by atoms with E-state index >= 15 is 0 Å². The summed E-state index contributed by atoms with van der Waals surface area (Å²) in [6.07, 6.45) is 0. The number of carbonyl (C=O) groups is 1. The molecule has 2 N–H and O–H groups in total. The highest BCUT2D eigenvalue weighted by molar-refractivity contribution is 5.74. The lowest BCUT2D eigenvalue weighted by atomic mass is 9.83. The highest BCUT2D eigenvalue weighted by Crippen LogP contribution is 2.43. The molecule has 0 amide bonds. The number of aryl methyl sites for hydroxylation is 1. The normalized spacial score (nSPS) is 14.8. The fraction of sp³-hybridized carbons (Fsp3) is 0.120. The Hall–Kier alpha value is -4.24. The SMILES string of the molecule is Cc1ccc(C2C(C#N)=C(N)Oc3cc(OC(=O)COc4ccccc4)ccc32)cc1. The molecule has 0 saturated carbocycles. The lowest BCUT2D eigenvalue weighted by Crippen LogP contribution is -2.21. The maximum absolute atomic E-state index is 12.2. The monoisotopic (exact) mass is 412 g/mol. The van der Waals surface area contributed by atoms with Crippen LogP contribution in [0, 0.1) is 18.3 Å². The summed E-state index contributed by atoms with van der Waals surface area (Å²) in [4.78, 5) is 12.2. The lowest BCUT2D eigenvalue weighted by molar-refractivity contribution is -0.136. The minimum atomic E-state index is -0.545. The third-order valence-corrected chi connectivity index (χ3v) is 4.93. The number of para-hydroxylation sites is 1. The maximum atomic E-state index is 12.2. The number of allylic oxidation sites excluding steroid dienone is 1. The van der Waals surface area contributed by atoms with Crippen LogP contribution in [0.3, 0.4) is 0 Å². The van der Waals surface area contributed by atoms with Crippen LogP contribution in [0.1, 0.15) is 22.6 Å². The predicted molar refractivity (Wildman–Crippen MR) is 114 cm³/mol. The molecule has 3 aromatic rings. The van der Waals surface area contributed by atoms with Crippen molar-refractivity contribution in [3.63, 3.8) is 0 Å². The van der Waals surface area contributed by atoms with Crippen molar-refractivity contribution < 1.29 is 19.0 Å². The van der Waals surface area contributed by atoms with E-state index in [0.717, 1.165) is 16.7 Å². The Labute approximate surface area is 180 Å². The molecule has 1 aliphatic heterocycles. The molecular weight excluding hydrogens is 392 g/mol. The second-order valence-corrected chi connectivity index (χ2v) is 7.11. The summed E-state index contributed by atoms with van der Waals surface area (Å²) >= 11 is 0. The highest BCUT2D eigenvalue weighted by atomic mass is 16.6. The molecule has 0 bridgehead atoms. The second kappa shape index (κ2) is 8.64. The average Bonchev–Trinajstić information content (AvgIpc) is 2.78. The Morgan fingerprint density at radius 1 is 1.06 bits per heavy atom. The van der Waals surface area contributed by atoms with Crippen LogP contribution in [0.25, 0.3) is 0 Å². The zero-order chi connectivity index (χ0) is 21.8. The molecular formula is C25H20N2O4. The number of carbonyl (C=O) groups excluding carboxylic acids is 1. The van der Waals surface area contributed by atoms with Crippen LogP contribution >= 0.6 is 0 Å². The quantitative estimate of drug-likeness (QED) is 0.499. The number of benzene rings is 3. The van der Waals surface area contributed by atoms with Gasteiger partial charge in [0.2, 0.25) is 5.88 Å². The predicted octanol–water partition coefficient (Wildman–Crippen LogP) is 4.20. The van der Waals surface area contributed by atoms with Crippen molar-refractivity contribution in [1.82, 2.24) is 0 Å². The van der Waals surface area contributed by atoms with Gasteiger partial charge in [-0.1, -0.05) is 54.1 Å². The van der Waals surface area contributed by atoms with Gasteiger partial charge >= 0.3 is 5.97 Å². The van der Waals surface area contributed by atoms with Gasteiger partial charge in [-0.25, -0.2) is 4.79 Å². The molecule has 1 aliphatic rings.